The molecule has 1 aromatic heterocycles. The SMILES string of the molecule is N#Cc1c(N)nc(N)nc1-c1cc(Br)ccc1OCCC1OCCO1. The number of nitriles is 1. The Kier molecular flexibility index (Phi) is 5.33. The van der Waals surface area contributed by atoms with Gasteiger partial charge in [-0.25, -0.2) is 4.98 Å². The van der Waals surface area contributed by atoms with Crippen molar-refractivity contribution in [3.8, 4) is 23.1 Å². The molecule has 1 aromatic carbocycles. The van der Waals surface area contributed by atoms with E-state index in [1.165, 1.54) is 0 Å². The lowest BCUT2D eigenvalue weighted by atomic mass is 10.1. The van der Waals surface area contributed by atoms with Crippen LogP contribution in [0.4, 0.5) is 11.8 Å². The molecule has 0 aliphatic carbocycles. The highest BCUT2D eigenvalue weighted by atomic mass is 79.9. The number of nitrogens with two attached hydrogens (primary N) is 2. The zero-order valence-corrected chi connectivity index (χ0v) is 14.8. The van der Waals surface area contributed by atoms with Crippen molar-refractivity contribution in [1.29, 1.82) is 5.26 Å². The molecule has 8 nitrogen and oxygen atoms in total. The number of anilines is 2. The third-order valence-corrected chi connectivity index (χ3v) is 4.06. The van der Waals surface area contributed by atoms with Crippen LogP contribution in [0, 0.1) is 11.3 Å². The summed E-state index contributed by atoms with van der Waals surface area (Å²) in [6.45, 7) is 1.58. The molecule has 2 heterocycles. The van der Waals surface area contributed by atoms with Crippen molar-refractivity contribution in [2.24, 2.45) is 0 Å². The second-order valence-electron chi connectivity index (χ2n) is 5.25. The summed E-state index contributed by atoms with van der Waals surface area (Å²) in [5.41, 5.74) is 12.6. The molecule has 1 fully saturated rings. The molecule has 0 amide bonds. The fraction of sp³-hybridized carbons (Fsp3) is 0.312. The Balaban J connectivity index is 1.90. The van der Waals surface area contributed by atoms with E-state index in [0.29, 0.717) is 43.2 Å². The van der Waals surface area contributed by atoms with Crippen LogP contribution >= 0.6 is 15.9 Å². The van der Waals surface area contributed by atoms with Crippen molar-refractivity contribution < 1.29 is 14.2 Å². The highest BCUT2D eigenvalue weighted by molar-refractivity contribution is 9.10. The van der Waals surface area contributed by atoms with Gasteiger partial charge in [0.1, 0.15) is 23.2 Å². The van der Waals surface area contributed by atoms with Gasteiger partial charge in [0, 0.05) is 16.5 Å². The van der Waals surface area contributed by atoms with Gasteiger partial charge < -0.3 is 25.7 Å². The largest absolute Gasteiger partial charge is 0.493 e. The van der Waals surface area contributed by atoms with E-state index in [9.17, 15) is 5.26 Å². The van der Waals surface area contributed by atoms with Gasteiger partial charge in [-0.1, -0.05) is 15.9 Å². The van der Waals surface area contributed by atoms with Crippen LogP contribution in [0.25, 0.3) is 11.3 Å². The monoisotopic (exact) mass is 405 g/mol. The van der Waals surface area contributed by atoms with E-state index in [0.717, 1.165) is 4.47 Å². The second kappa shape index (κ2) is 7.65. The first-order valence-corrected chi connectivity index (χ1v) is 8.37. The van der Waals surface area contributed by atoms with Crippen molar-refractivity contribution in [2.45, 2.75) is 12.7 Å². The summed E-state index contributed by atoms with van der Waals surface area (Å²) in [7, 11) is 0. The summed E-state index contributed by atoms with van der Waals surface area (Å²) in [5.74, 6) is 0.573. The quantitative estimate of drug-likeness (QED) is 0.772. The van der Waals surface area contributed by atoms with Gasteiger partial charge in [-0.3, -0.25) is 0 Å². The summed E-state index contributed by atoms with van der Waals surface area (Å²) in [4.78, 5) is 8.01. The third kappa shape index (κ3) is 3.99. The molecule has 0 spiro atoms. The first-order valence-electron chi connectivity index (χ1n) is 7.57. The molecule has 1 aliphatic rings. The lowest BCUT2D eigenvalue weighted by Crippen LogP contribution is -2.13. The Hall–Kier alpha value is -2.41. The fourth-order valence-corrected chi connectivity index (χ4v) is 2.81. The third-order valence-electron chi connectivity index (χ3n) is 3.56. The van der Waals surface area contributed by atoms with Crippen LogP contribution in [0.1, 0.15) is 12.0 Å². The van der Waals surface area contributed by atoms with Crippen molar-refractivity contribution in [3.63, 3.8) is 0 Å². The summed E-state index contributed by atoms with van der Waals surface area (Å²) >= 11 is 3.41. The standard InChI is InChI=1S/C16H16BrN5O3/c17-9-1-2-12(23-4-3-13-24-5-6-25-13)10(7-9)14-11(8-18)15(19)22-16(20)21-14/h1-2,7,13H,3-6H2,(H4,19,20,21,22). The highest BCUT2D eigenvalue weighted by Gasteiger charge is 2.19. The molecule has 0 atom stereocenters. The number of hydrogen-bond donors (Lipinski definition) is 2. The number of aromatic nitrogens is 2. The number of benzene rings is 1. The van der Waals surface area contributed by atoms with Gasteiger partial charge in [-0.15, -0.1) is 0 Å². The molecule has 1 saturated heterocycles. The first kappa shape index (κ1) is 17.4. The van der Waals surface area contributed by atoms with E-state index in [1.807, 2.05) is 12.1 Å². The minimum Gasteiger partial charge on any atom is -0.493 e. The Morgan fingerprint density at radius 3 is 2.76 bits per heavy atom. The molecule has 25 heavy (non-hydrogen) atoms. The van der Waals surface area contributed by atoms with E-state index < -0.39 is 0 Å². The summed E-state index contributed by atoms with van der Waals surface area (Å²) in [6, 6.07) is 7.43. The number of halogens is 1. The Labute approximate surface area is 152 Å². The molecule has 3 rings (SSSR count). The fourth-order valence-electron chi connectivity index (χ4n) is 2.45. The maximum absolute atomic E-state index is 9.39. The molecule has 0 radical (unpaired) electrons. The average Bonchev–Trinajstić information content (AvgIpc) is 3.09. The molecular formula is C16H16BrN5O3. The molecule has 2 aromatic rings. The topological polar surface area (TPSA) is 129 Å². The predicted molar refractivity (Wildman–Crippen MR) is 94.5 cm³/mol. The molecular weight excluding hydrogens is 390 g/mol. The maximum atomic E-state index is 9.39. The van der Waals surface area contributed by atoms with E-state index in [1.54, 1.807) is 12.1 Å². The minimum absolute atomic E-state index is 0.00909. The van der Waals surface area contributed by atoms with Crippen LogP contribution in [0.3, 0.4) is 0 Å². The van der Waals surface area contributed by atoms with Gasteiger partial charge in [0.2, 0.25) is 5.95 Å². The van der Waals surface area contributed by atoms with Crippen molar-refractivity contribution in [3.05, 3.63) is 28.2 Å². The van der Waals surface area contributed by atoms with E-state index >= 15 is 0 Å². The van der Waals surface area contributed by atoms with Gasteiger partial charge in [-0.05, 0) is 18.2 Å². The molecule has 0 bridgehead atoms. The molecule has 1 aliphatic heterocycles. The predicted octanol–water partition coefficient (Wildman–Crippen LogP) is 2.08. The van der Waals surface area contributed by atoms with Gasteiger partial charge in [0.15, 0.2) is 6.29 Å². The lowest BCUT2D eigenvalue weighted by Gasteiger charge is -2.15. The van der Waals surface area contributed by atoms with Crippen LogP contribution in [0.15, 0.2) is 22.7 Å². The maximum Gasteiger partial charge on any atom is 0.222 e. The second-order valence-corrected chi connectivity index (χ2v) is 6.17. The van der Waals surface area contributed by atoms with E-state index in [2.05, 4.69) is 25.9 Å². The summed E-state index contributed by atoms with van der Waals surface area (Å²) in [5, 5.41) is 9.39. The molecule has 4 N–H and O–H groups in total. The molecule has 0 saturated carbocycles. The molecule has 0 unspecified atom stereocenters. The average molecular weight is 406 g/mol. The van der Waals surface area contributed by atoms with Gasteiger partial charge >= 0.3 is 0 Å². The Bertz CT molecular complexity index is 818. The Morgan fingerprint density at radius 2 is 2.04 bits per heavy atom. The van der Waals surface area contributed by atoms with Gasteiger partial charge in [0.25, 0.3) is 0 Å². The van der Waals surface area contributed by atoms with Crippen LogP contribution in [-0.4, -0.2) is 36.1 Å². The molecule has 130 valence electrons. The number of hydrogen-bond acceptors (Lipinski definition) is 8. The highest BCUT2D eigenvalue weighted by Crippen LogP contribution is 2.35. The molecule has 9 heteroatoms. The van der Waals surface area contributed by atoms with Crippen LogP contribution in [-0.2, 0) is 9.47 Å². The van der Waals surface area contributed by atoms with Crippen molar-refractivity contribution in [2.75, 3.05) is 31.3 Å². The zero-order chi connectivity index (χ0) is 17.8. The number of nitrogen functional groups attached to an aromatic ring is 2. The van der Waals surface area contributed by atoms with Crippen LogP contribution in [0.5, 0.6) is 5.75 Å². The zero-order valence-electron chi connectivity index (χ0n) is 13.2. The van der Waals surface area contributed by atoms with Crippen molar-refractivity contribution >= 4 is 27.7 Å². The number of rotatable bonds is 5. The number of ether oxygens (including phenoxy) is 3. The number of nitrogens with zero attached hydrogens (tertiary/aromatic N) is 3. The summed E-state index contributed by atoms with van der Waals surface area (Å²) < 4.78 is 17.4. The van der Waals surface area contributed by atoms with Gasteiger partial charge in [0.05, 0.1) is 25.5 Å². The van der Waals surface area contributed by atoms with Crippen LogP contribution in [0.2, 0.25) is 0 Å². The van der Waals surface area contributed by atoms with Crippen LogP contribution < -0.4 is 16.2 Å². The Morgan fingerprint density at radius 1 is 1.28 bits per heavy atom. The lowest BCUT2D eigenvalue weighted by molar-refractivity contribution is -0.0531. The summed E-state index contributed by atoms with van der Waals surface area (Å²) in [6.07, 6.45) is 0.341. The van der Waals surface area contributed by atoms with Gasteiger partial charge in [-0.2, -0.15) is 10.2 Å². The normalized spacial score (nSPS) is 14.4. The first-order chi connectivity index (χ1) is 12.1. The van der Waals surface area contributed by atoms with E-state index in [-0.39, 0.29) is 23.6 Å². The van der Waals surface area contributed by atoms with E-state index in [4.69, 9.17) is 25.7 Å². The smallest absolute Gasteiger partial charge is 0.222 e. The minimum atomic E-state index is -0.251. The van der Waals surface area contributed by atoms with Crippen molar-refractivity contribution in [1.82, 2.24) is 9.97 Å².